The van der Waals surface area contributed by atoms with Crippen molar-refractivity contribution in [3.63, 3.8) is 0 Å². The van der Waals surface area contributed by atoms with Gasteiger partial charge < -0.3 is 4.90 Å². The summed E-state index contributed by atoms with van der Waals surface area (Å²) in [5, 5.41) is 7.57. The van der Waals surface area contributed by atoms with Crippen LogP contribution in [0, 0.1) is 0 Å². The predicted octanol–water partition coefficient (Wildman–Crippen LogP) is 17.5. The molecule has 0 aliphatic carbocycles. The zero-order chi connectivity index (χ0) is 50.5. The van der Waals surface area contributed by atoms with Crippen molar-refractivity contribution in [2.75, 3.05) is 4.90 Å². The maximum Gasteiger partial charge on any atom is 0.247 e. The fraction of sp³-hybridized carbons (Fsp3) is 0.167. The third-order valence-corrected chi connectivity index (χ3v) is 16.8. The molecule has 0 N–H and O–H groups in total. The summed E-state index contributed by atoms with van der Waals surface area (Å²) in [6.07, 6.45) is 0.906. The summed E-state index contributed by atoms with van der Waals surface area (Å²) in [5.41, 5.74) is 22.4. The summed E-state index contributed by atoms with van der Waals surface area (Å²) in [6.45, 7) is 16.7. The molecule has 13 rings (SSSR count). The predicted molar refractivity (Wildman–Crippen MR) is 320 cm³/mol. The van der Waals surface area contributed by atoms with Crippen LogP contribution in [-0.4, -0.2) is 6.71 Å². The molecule has 2 heterocycles. The first-order valence-corrected chi connectivity index (χ1v) is 26.8. The minimum absolute atomic E-state index is 0.0192. The van der Waals surface area contributed by atoms with Crippen LogP contribution in [0.4, 0.5) is 17.1 Å². The van der Waals surface area contributed by atoms with Gasteiger partial charge in [-0.25, -0.2) is 0 Å². The second-order valence-electron chi connectivity index (χ2n) is 23.2. The van der Waals surface area contributed by atoms with Crippen LogP contribution < -0.4 is 21.3 Å². The SMILES string of the molecule is C[C@@H]1c2ccc(C(C)(C)C)cc2B2c3cc(C(C)(C)C)ccc3N(c3ccccc3)c3cc(-c4c5ccccc5c(-c5ccc(-c6ccccc6)c6ccccc56)c5ccccc45)cc(c32)CC1c1ccccc1. The highest BCUT2D eigenvalue weighted by atomic mass is 15.1. The van der Waals surface area contributed by atoms with E-state index in [1.54, 1.807) is 0 Å². The van der Waals surface area contributed by atoms with E-state index in [1.165, 1.54) is 127 Å². The number of rotatable bonds is 5. The van der Waals surface area contributed by atoms with Gasteiger partial charge in [0.1, 0.15) is 0 Å². The van der Waals surface area contributed by atoms with Gasteiger partial charge in [-0.2, -0.15) is 0 Å². The Balaban J connectivity index is 1.15. The van der Waals surface area contributed by atoms with Gasteiger partial charge in [0.2, 0.25) is 6.71 Å². The molecular formula is C72H62BN. The van der Waals surface area contributed by atoms with Crippen molar-refractivity contribution < 1.29 is 0 Å². The number of anilines is 3. The number of fused-ring (bicyclic) bond motifs is 7. The molecule has 0 saturated carbocycles. The van der Waals surface area contributed by atoms with E-state index in [2.05, 4.69) is 278 Å². The van der Waals surface area contributed by atoms with Crippen LogP contribution in [0.3, 0.4) is 0 Å². The van der Waals surface area contributed by atoms with E-state index < -0.39 is 0 Å². The lowest BCUT2D eigenvalue weighted by Crippen LogP contribution is -2.60. The fourth-order valence-electron chi connectivity index (χ4n) is 13.0. The monoisotopic (exact) mass is 951 g/mol. The van der Waals surface area contributed by atoms with Gasteiger partial charge in [-0.3, -0.25) is 0 Å². The van der Waals surface area contributed by atoms with E-state index in [4.69, 9.17) is 0 Å². The normalized spacial score (nSPS) is 15.4. The standard InChI is InChI=1S/C72H62BN/c1-46-54-37-35-51(71(2,3)4)44-64(54)73-65-45-52(72(5,6)7)36-40-66(65)74(53-27-15-10-16-28-53)67-43-49(41-50(70(67)73)42-63(46)48-25-13-9-14-26-48)68-58-31-19-21-33-60(58)69(61-34-22-20-32-59(61)68)62-39-38-55(47-23-11-8-12-24-47)56-29-17-18-30-57(56)62/h8-41,43-46,63H,42H2,1-7H3/t46-,63?/m1/s1. The molecule has 2 heteroatoms. The smallest absolute Gasteiger partial charge is 0.247 e. The van der Waals surface area contributed by atoms with E-state index in [1.807, 2.05) is 0 Å². The Morgan fingerprint density at radius 3 is 1.53 bits per heavy atom. The van der Waals surface area contributed by atoms with Crippen LogP contribution in [0.1, 0.15) is 88.1 Å². The van der Waals surface area contributed by atoms with Gasteiger partial charge in [-0.05, 0) is 158 Å². The lowest BCUT2D eigenvalue weighted by atomic mass is 9.32. The van der Waals surface area contributed by atoms with Crippen molar-refractivity contribution in [3.8, 4) is 33.4 Å². The van der Waals surface area contributed by atoms with Crippen molar-refractivity contribution in [1.29, 1.82) is 0 Å². The topological polar surface area (TPSA) is 3.24 Å². The van der Waals surface area contributed by atoms with Gasteiger partial charge in [0, 0.05) is 17.1 Å². The number of benzene rings is 11. The molecule has 2 aliphatic heterocycles. The van der Waals surface area contributed by atoms with E-state index in [0.717, 1.165) is 6.42 Å². The first-order valence-electron chi connectivity index (χ1n) is 26.8. The molecule has 358 valence electrons. The molecule has 2 aliphatic rings. The van der Waals surface area contributed by atoms with Crippen LogP contribution >= 0.6 is 0 Å². The zero-order valence-corrected chi connectivity index (χ0v) is 43.7. The third-order valence-electron chi connectivity index (χ3n) is 16.8. The number of nitrogens with zero attached hydrogens (tertiary/aromatic N) is 1. The van der Waals surface area contributed by atoms with Gasteiger partial charge in [0.15, 0.2) is 0 Å². The molecule has 0 saturated heterocycles. The molecule has 1 nitrogen and oxygen atoms in total. The summed E-state index contributed by atoms with van der Waals surface area (Å²) in [5.74, 6) is 0.498. The summed E-state index contributed by atoms with van der Waals surface area (Å²) in [4.78, 5) is 2.61. The van der Waals surface area contributed by atoms with Crippen molar-refractivity contribution in [3.05, 3.63) is 252 Å². The molecule has 0 aromatic heterocycles. The number of hydrogen-bond acceptors (Lipinski definition) is 1. The van der Waals surface area contributed by atoms with Gasteiger partial charge in [-0.1, -0.05) is 254 Å². The largest absolute Gasteiger partial charge is 0.311 e. The molecule has 0 spiro atoms. The molecule has 0 radical (unpaired) electrons. The quantitative estimate of drug-likeness (QED) is 0.123. The first kappa shape index (κ1) is 45.9. The summed E-state index contributed by atoms with van der Waals surface area (Å²) >= 11 is 0. The summed E-state index contributed by atoms with van der Waals surface area (Å²) < 4.78 is 0. The highest BCUT2D eigenvalue weighted by Crippen LogP contribution is 2.50. The van der Waals surface area contributed by atoms with Crippen molar-refractivity contribution in [2.24, 2.45) is 0 Å². The van der Waals surface area contributed by atoms with Crippen LogP contribution in [0.2, 0.25) is 0 Å². The van der Waals surface area contributed by atoms with E-state index in [0.29, 0.717) is 0 Å². The van der Waals surface area contributed by atoms with E-state index in [-0.39, 0.29) is 29.4 Å². The van der Waals surface area contributed by atoms with Gasteiger partial charge >= 0.3 is 0 Å². The molecule has 0 bridgehead atoms. The maximum atomic E-state index is 2.63. The van der Waals surface area contributed by atoms with E-state index in [9.17, 15) is 0 Å². The Bertz CT molecular complexity index is 3910. The molecule has 2 atom stereocenters. The molecule has 0 amide bonds. The first-order chi connectivity index (χ1) is 35.9. The highest BCUT2D eigenvalue weighted by Gasteiger charge is 2.43. The molecule has 74 heavy (non-hydrogen) atoms. The Labute approximate surface area is 438 Å². The Hall–Kier alpha value is -7.94. The minimum atomic E-state index is -0.0343. The Morgan fingerprint density at radius 1 is 0.419 bits per heavy atom. The lowest BCUT2D eigenvalue weighted by molar-refractivity contribution is 0.570. The number of hydrogen-bond donors (Lipinski definition) is 0. The Morgan fingerprint density at radius 2 is 0.919 bits per heavy atom. The van der Waals surface area contributed by atoms with E-state index >= 15 is 0 Å². The molecular weight excluding hydrogens is 890 g/mol. The fourth-order valence-corrected chi connectivity index (χ4v) is 13.0. The third kappa shape index (κ3) is 7.52. The Kier molecular flexibility index (Phi) is 10.9. The second-order valence-corrected chi connectivity index (χ2v) is 23.2. The van der Waals surface area contributed by atoms with Crippen LogP contribution in [0.25, 0.3) is 65.7 Å². The average Bonchev–Trinajstić information content (AvgIpc) is 3.42. The maximum absolute atomic E-state index is 2.63. The molecule has 0 fully saturated rings. The van der Waals surface area contributed by atoms with Gasteiger partial charge in [0.25, 0.3) is 0 Å². The zero-order valence-electron chi connectivity index (χ0n) is 43.7. The molecule has 11 aromatic carbocycles. The summed E-state index contributed by atoms with van der Waals surface area (Å²) in [6, 6.07) is 85.7. The molecule has 1 unspecified atom stereocenters. The second kappa shape index (κ2) is 17.6. The lowest BCUT2D eigenvalue weighted by Gasteiger charge is -2.42. The van der Waals surface area contributed by atoms with Crippen molar-refractivity contribution in [2.45, 2.75) is 77.6 Å². The van der Waals surface area contributed by atoms with Gasteiger partial charge in [-0.15, -0.1) is 0 Å². The molecule has 11 aromatic rings. The van der Waals surface area contributed by atoms with Crippen molar-refractivity contribution in [1.82, 2.24) is 0 Å². The average molecular weight is 952 g/mol. The van der Waals surface area contributed by atoms with Crippen molar-refractivity contribution >= 4 is 72.5 Å². The minimum Gasteiger partial charge on any atom is -0.311 e. The number of para-hydroxylation sites is 1. The highest BCUT2D eigenvalue weighted by molar-refractivity contribution is 6.98. The van der Waals surface area contributed by atoms with Gasteiger partial charge in [0.05, 0.1) is 0 Å². The summed E-state index contributed by atoms with van der Waals surface area (Å²) in [7, 11) is 0. The van der Waals surface area contributed by atoms with Crippen LogP contribution in [0.5, 0.6) is 0 Å². The van der Waals surface area contributed by atoms with Crippen LogP contribution in [-0.2, 0) is 17.3 Å². The van der Waals surface area contributed by atoms with Crippen LogP contribution in [0.15, 0.2) is 224 Å².